The van der Waals surface area contributed by atoms with Gasteiger partial charge in [0.05, 0.1) is 25.8 Å². The lowest BCUT2D eigenvalue weighted by molar-refractivity contribution is -0.147. The zero-order chi connectivity index (χ0) is 22.4. The number of methoxy groups -OCH3 is 1. The van der Waals surface area contributed by atoms with Gasteiger partial charge >= 0.3 is 5.97 Å². The first-order valence-corrected chi connectivity index (χ1v) is 10.7. The van der Waals surface area contributed by atoms with Gasteiger partial charge in [0.15, 0.2) is 0 Å². The maximum atomic E-state index is 13.4. The van der Waals surface area contributed by atoms with E-state index in [2.05, 4.69) is 34.5 Å². The number of nitrogens with one attached hydrogen (secondary N) is 1. The van der Waals surface area contributed by atoms with Gasteiger partial charge in [-0.05, 0) is 44.7 Å². The molecule has 0 spiro atoms. The Hall–Kier alpha value is -2.70. The van der Waals surface area contributed by atoms with E-state index < -0.39 is 23.8 Å². The Morgan fingerprint density at radius 1 is 1.13 bits per heavy atom. The van der Waals surface area contributed by atoms with Gasteiger partial charge < -0.3 is 14.8 Å². The van der Waals surface area contributed by atoms with Crippen LogP contribution in [0.5, 0.6) is 0 Å². The molecule has 1 aliphatic heterocycles. The number of hydrogen-bond acceptors (Lipinski definition) is 5. The number of aryl methyl sites for hydroxylation is 1. The van der Waals surface area contributed by atoms with Crippen molar-refractivity contribution >= 4 is 11.9 Å². The lowest BCUT2D eigenvalue weighted by Gasteiger charge is -2.39. The van der Waals surface area contributed by atoms with Gasteiger partial charge in [-0.25, -0.2) is 4.79 Å². The van der Waals surface area contributed by atoms with Crippen molar-refractivity contribution in [2.75, 3.05) is 13.7 Å². The molecule has 31 heavy (non-hydrogen) atoms. The molecular weight excluding hydrogens is 392 g/mol. The normalized spacial score (nSPS) is 20.1. The minimum absolute atomic E-state index is 0.0591. The van der Waals surface area contributed by atoms with Gasteiger partial charge in [-0.2, -0.15) is 0 Å². The Balaban J connectivity index is 1.90. The van der Waals surface area contributed by atoms with Crippen LogP contribution in [0.2, 0.25) is 0 Å². The monoisotopic (exact) mass is 424 g/mol. The predicted molar refractivity (Wildman–Crippen MR) is 119 cm³/mol. The molecule has 1 aliphatic rings. The van der Waals surface area contributed by atoms with Crippen molar-refractivity contribution in [3.63, 3.8) is 0 Å². The summed E-state index contributed by atoms with van der Waals surface area (Å²) in [5.41, 5.74) is 1.63. The second-order valence-corrected chi connectivity index (χ2v) is 8.39. The molecule has 6 heteroatoms. The molecule has 2 aromatic carbocycles. The van der Waals surface area contributed by atoms with E-state index in [1.165, 1.54) is 7.11 Å². The first kappa shape index (κ1) is 23.0. The third-order valence-corrected chi connectivity index (χ3v) is 5.84. The number of benzene rings is 2. The van der Waals surface area contributed by atoms with Crippen LogP contribution in [0.1, 0.15) is 44.4 Å². The SMILES string of the molecule is COC(=O)[C@H](C)NC(=O)[C@@H](CCc1ccccc1)N1[C@@H](c2ccccc2)COC1(C)C. The third-order valence-electron chi connectivity index (χ3n) is 5.84. The molecule has 0 aliphatic carbocycles. The second kappa shape index (κ2) is 10.1. The van der Waals surface area contributed by atoms with Crippen molar-refractivity contribution in [3.8, 4) is 0 Å². The Kier molecular flexibility index (Phi) is 7.46. The summed E-state index contributed by atoms with van der Waals surface area (Å²) in [6.07, 6.45) is 1.33. The third kappa shape index (κ3) is 5.51. The van der Waals surface area contributed by atoms with E-state index in [0.29, 0.717) is 13.0 Å². The van der Waals surface area contributed by atoms with Crippen LogP contribution in [-0.2, 0) is 25.5 Å². The molecule has 2 aromatic rings. The summed E-state index contributed by atoms with van der Waals surface area (Å²) in [7, 11) is 1.32. The first-order valence-electron chi connectivity index (χ1n) is 10.7. The molecule has 0 bridgehead atoms. The van der Waals surface area contributed by atoms with Gasteiger partial charge in [0, 0.05) is 0 Å². The summed E-state index contributed by atoms with van der Waals surface area (Å²) in [4.78, 5) is 27.5. The van der Waals surface area contributed by atoms with Gasteiger partial charge in [-0.1, -0.05) is 60.7 Å². The number of rotatable bonds is 8. The molecule has 1 fully saturated rings. The van der Waals surface area contributed by atoms with Crippen LogP contribution in [0.4, 0.5) is 0 Å². The molecular formula is C25H32N2O4. The van der Waals surface area contributed by atoms with Crippen molar-refractivity contribution in [1.82, 2.24) is 10.2 Å². The van der Waals surface area contributed by atoms with Gasteiger partial charge in [0.1, 0.15) is 11.8 Å². The van der Waals surface area contributed by atoms with Gasteiger partial charge in [-0.3, -0.25) is 9.69 Å². The number of carbonyl (C=O) groups excluding carboxylic acids is 2. The number of hydrogen-bond donors (Lipinski definition) is 1. The smallest absolute Gasteiger partial charge is 0.328 e. The van der Waals surface area contributed by atoms with E-state index in [1.54, 1.807) is 6.92 Å². The van der Waals surface area contributed by atoms with Gasteiger partial charge in [0.25, 0.3) is 0 Å². The molecule has 0 saturated carbocycles. The fourth-order valence-electron chi connectivity index (χ4n) is 4.23. The predicted octanol–water partition coefficient (Wildman–Crippen LogP) is 3.48. The molecule has 0 radical (unpaired) electrons. The zero-order valence-corrected chi connectivity index (χ0v) is 18.7. The minimum Gasteiger partial charge on any atom is -0.467 e. The lowest BCUT2D eigenvalue weighted by Crippen LogP contribution is -2.56. The molecule has 0 unspecified atom stereocenters. The van der Waals surface area contributed by atoms with Crippen LogP contribution in [0.15, 0.2) is 60.7 Å². The van der Waals surface area contributed by atoms with Crippen molar-refractivity contribution in [2.24, 2.45) is 0 Å². The Labute approximate surface area is 184 Å². The number of carbonyl (C=O) groups is 2. The van der Waals surface area contributed by atoms with Crippen LogP contribution in [-0.4, -0.2) is 48.3 Å². The molecule has 3 rings (SSSR count). The van der Waals surface area contributed by atoms with E-state index in [9.17, 15) is 9.59 Å². The summed E-state index contributed by atoms with van der Waals surface area (Å²) >= 11 is 0. The maximum absolute atomic E-state index is 13.4. The van der Waals surface area contributed by atoms with E-state index in [4.69, 9.17) is 9.47 Å². The summed E-state index contributed by atoms with van der Waals surface area (Å²) in [5, 5.41) is 2.84. The lowest BCUT2D eigenvalue weighted by atomic mass is 9.97. The highest BCUT2D eigenvalue weighted by atomic mass is 16.5. The number of ether oxygens (including phenoxy) is 2. The minimum atomic E-state index is -0.724. The molecule has 1 heterocycles. The summed E-state index contributed by atoms with van der Waals surface area (Å²) < 4.78 is 10.9. The zero-order valence-electron chi connectivity index (χ0n) is 18.7. The largest absolute Gasteiger partial charge is 0.467 e. The fraction of sp³-hybridized carbons (Fsp3) is 0.440. The standard InChI is InChI=1S/C25H32N2O4/c1-18(24(29)30-4)26-23(28)21(16-15-19-11-7-5-8-12-19)27-22(17-31-25(27,2)3)20-13-9-6-10-14-20/h5-14,18,21-22H,15-17H2,1-4H3,(H,26,28)/t18-,21+,22+/m0/s1. The van der Waals surface area contributed by atoms with Crippen LogP contribution >= 0.6 is 0 Å². The van der Waals surface area contributed by atoms with Crippen molar-refractivity contribution in [2.45, 2.75) is 57.5 Å². The highest BCUT2D eigenvalue weighted by molar-refractivity contribution is 5.87. The highest BCUT2D eigenvalue weighted by Gasteiger charge is 2.47. The average molecular weight is 425 g/mol. The molecule has 3 atom stereocenters. The fourth-order valence-corrected chi connectivity index (χ4v) is 4.23. The van der Waals surface area contributed by atoms with E-state index in [1.807, 2.05) is 50.2 Å². The van der Waals surface area contributed by atoms with Crippen LogP contribution in [0, 0.1) is 0 Å². The molecule has 1 amide bonds. The Morgan fingerprint density at radius 2 is 1.74 bits per heavy atom. The molecule has 0 aromatic heterocycles. The van der Waals surface area contributed by atoms with Crippen molar-refractivity contribution < 1.29 is 19.1 Å². The van der Waals surface area contributed by atoms with Crippen LogP contribution in [0.25, 0.3) is 0 Å². The van der Waals surface area contributed by atoms with Gasteiger partial charge in [0.2, 0.25) is 5.91 Å². The first-order chi connectivity index (χ1) is 14.8. The van der Waals surface area contributed by atoms with Crippen LogP contribution in [0.3, 0.4) is 0 Å². The molecule has 1 N–H and O–H groups in total. The van der Waals surface area contributed by atoms with Crippen molar-refractivity contribution in [1.29, 1.82) is 0 Å². The quantitative estimate of drug-likeness (QED) is 0.657. The number of esters is 1. The second-order valence-electron chi connectivity index (χ2n) is 8.39. The average Bonchev–Trinajstić information content (AvgIpc) is 3.09. The number of nitrogens with zero attached hydrogens (tertiary/aromatic N) is 1. The summed E-state index contributed by atoms with van der Waals surface area (Å²) in [6.45, 7) is 6.11. The Morgan fingerprint density at radius 3 is 2.35 bits per heavy atom. The van der Waals surface area contributed by atoms with Crippen LogP contribution < -0.4 is 5.32 Å². The topological polar surface area (TPSA) is 67.9 Å². The van der Waals surface area contributed by atoms with Gasteiger partial charge in [-0.15, -0.1) is 0 Å². The van der Waals surface area contributed by atoms with E-state index in [0.717, 1.165) is 17.5 Å². The van der Waals surface area contributed by atoms with Crippen molar-refractivity contribution in [3.05, 3.63) is 71.8 Å². The maximum Gasteiger partial charge on any atom is 0.328 e. The molecule has 166 valence electrons. The molecule has 1 saturated heterocycles. The van der Waals surface area contributed by atoms with E-state index in [-0.39, 0.29) is 11.9 Å². The Bertz CT molecular complexity index is 870. The number of amides is 1. The molecule has 6 nitrogen and oxygen atoms in total. The summed E-state index contributed by atoms with van der Waals surface area (Å²) in [6, 6.07) is 18.9. The summed E-state index contributed by atoms with van der Waals surface area (Å²) in [5.74, 6) is -0.667. The van der Waals surface area contributed by atoms with E-state index >= 15 is 0 Å². The highest BCUT2D eigenvalue weighted by Crippen LogP contribution is 2.39.